The molecular formula is C44H62N8O11S. The van der Waals surface area contributed by atoms with Crippen molar-refractivity contribution in [3.63, 3.8) is 0 Å². The maximum Gasteiger partial charge on any atom is 0.243 e. The van der Waals surface area contributed by atoms with E-state index in [1.807, 2.05) is 20.8 Å². The van der Waals surface area contributed by atoms with E-state index < -0.39 is 139 Å². The molecule has 9 N–H and O–H groups in total. The number of H-pyrrole nitrogens is 1. The number of nitrogens with zero attached hydrogens (tertiary/aromatic N) is 1. The van der Waals surface area contributed by atoms with Crippen molar-refractivity contribution in [2.75, 3.05) is 32.5 Å². The first-order chi connectivity index (χ1) is 30.3. The first-order valence-corrected chi connectivity index (χ1v) is 22.9. The number of thioether (sulfide) groups is 1. The average Bonchev–Trinajstić information content (AvgIpc) is 3.83. The summed E-state index contributed by atoms with van der Waals surface area (Å²) in [5.41, 5.74) is 6.78. The number of methoxy groups -OCH3 is 1. The van der Waals surface area contributed by atoms with Gasteiger partial charge in [-0.2, -0.15) is 0 Å². The van der Waals surface area contributed by atoms with Gasteiger partial charge in [0.05, 0.1) is 54.8 Å². The predicted octanol–water partition coefficient (Wildman–Crippen LogP) is 0.241. The number of aliphatic hydroxyl groups is 1. The SMILES string of the molecule is CC[C@H](C)[C@H](C)[C@@H]1NC(=O)C2C[C@@H](O)CN2C(=O)[C@H](CC(N)=O)CC(=O)[C@@H]2CSc3[nH]c4cc(OC)ccc4c3C[C@H](CC1=O)C(=O)NCC(=O)N[C@@H]([C@@H](C)CC)C(=O)NCC(=O)N2. The Morgan fingerprint density at radius 2 is 1.56 bits per heavy atom. The maximum atomic E-state index is 14.8. The molecule has 7 amide bonds. The van der Waals surface area contributed by atoms with Crippen molar-refractivity contribution in [2.45, 2.75) is 115 Å². The molecule has 1 saturated heterocycles. The molecule has 3 aliphatic rings. The highest BCUT2D eigenvalue weighted by molar-refractivity contribution is 7.99. The predicted molar refractivity (Wildman–Crippen MR) is 235 cm³/mol. The third kappa shape index (κ3) is 12.0. The number of nitrogens with one attached hydrogen (secondary N) is 6. The topological polar surface area (TPSA) is 288 Å². The zero-order valence-electron chi connectivity index (χ0n) is 37.2. The number of aromatic amines is 1. The molecular weight excluding hydrogens is 849 g/mol. The van der Waals surface area contributed by atoms with E-state index >= 15 is 0 Å². The van der Waals surface area contributed by atoms with Crippen LogP contribution in [0, 0.1) is 29.6 Å². The van der Waals surface area contributed by atoms with Crippen LogP contribution in [-0.4, -0.2) is 131 Å². The molecule has 0 saturated carbocycles. The summed E-state index contributed by atoms with van der Waals surface area (Å²) < 4.78 is 5.47. The lowest BCUT2D eigenvalue weighted by molar-refractivity contribution is -0.145. The van der Waals surface area contributed by atoms with Crippen LogP contribution in [0.5, 0.6) is 5.75 Å². The van der Waals surface area contributed by atoms with Gasteiger partial charge in [0.15, 0.2) is 11.6 Å². The Balaban J connectivity index is 1.71. The van der Waals surface area contributed by atoms with Gasteiger partial charge >= 0.3 is 0 Å². The summed E-state index contributed by atoms with van der Waals surface area (Å²) in [5.74, 6) is -9.56. The molecule has 5 rings (SSSR count). The van der Waals surface area contributed by atoms with Gasteiger partial charge in [-0.25, -0.2) is 0 Å². The van der Waals surface area contributed by atoms with Crippen LogP contribution in [0.15, 0.2) is 23.2 Å². The van der Waals surface area contributed by atoms with Crippen molar-refractivity contribution in [2.24, 2.45) is 35.3 Å². The van der Waals surface area contributed by atoms with E-state index in [2.05, 4.69) is 31.6 Å². The number of ketones is 2. The second-order valence-corrected chi connectivity index (χ2v) is 18.4. The summed E-state index contributed by atoms with van der Waals surface area (Å²) in [6.07, 6.45) is -1.93. The van der Waals surface area contributed by atoms with E-state index in [-0.39, 0.29) is 31.1 Å². The first kappa shape index (κ1) is 49.5. The van der Waals surface area contributed by atoms with Gasteiger partial charge in [0.1, 0.15) is 17.8 Å². The number of benzene rings is 1. The molecule has 1 unspecified atom stereocenters. The lowest BCUT2D eigenvalue weighted by Gasteiger charge is -2.33. The number of nitrogens with two attached hydrogens (primary N) is 1. The summed E-state index contributed by atoms with van der Waals surface area (Å²) in [6.45, 7) is 7.76. The number of amides is 7. The van der Waals surface area contributed by atoms with E-state index in [1.165, 1.54) is 7.11 Å². The van der Waals surface area contributed by atoms with Gasteiger partial charge in [0.2, 0.25) is 41.4 Å². The third-order valence-electron chi connectivity index (χ3n) is 12.9. The molecule has 0 spiro atoms. The second kappa shape index (κ2) is 21.9. The fraction of sp³-hybridized carbons (Fsp3) is 0.614. The number of primary amides is 1. The molecule has 0 aliphatic carbocycles. The number of carbonyl (C=O) groups excluding carboxylic acids is 9. The summed E-state index contributed by atoms with van der Waals surface area (Å²) in [7, 11) is 1.50. The standard InChI is InChI=1S/C44H62N8O11S/c1-7-21(3)23(5)39-34(55)12-24-11-29-28-10-9-27(63-6)16-30(28)49-43(29)64-20-31(48-36(57)17-47-42(61)38(22(4)8-2)50-37(58)18-46-40(24)59)33(54)13-25(14-35(45)56)44(62)52-19-26(53)15-32(52)41(60)51-39/h9-10,16,21-26,31-32,38-39,49,53H,7-8,11-15,17-20H2,1-6H3,(H2,45,56)(H,46,59)(H,47,61)(H,48,57)(H,50,58)(H,51,60)/t21-,22-,23-,24+,25-,26+,31-,32?,38-,39-/m0/s1. The van der Waals surface area contributed by atoms with Crippen molar-refractivity contribution in [3.8, 4) is 5.75 Å². The third-order valence-corrected chi connectivity index (χ3v) is 14.1. The molecule has 64 heavy (non-hydrogen) atoms. The highest BCUT2D eigenvalue weighted by atomic mass is 32.2. The number of ether oxygens (including phenoxy) is 1. The Hall–Kier alpha value is -5.50. The Kier molecular flexibility index (Phi) is 17.0. The van der Waals surface area contributed by atoms with Crippen LogP contribution in [0.1, 0.15) is 78.7 Å². The molecule has 350 valence electrons. The molecule has 10 atom stereocenters. The fourth-order valence-electron chi connectivity index (χ4n) is 8.55. The van der Waals surface area contributed by atoms with Crippen molar-refractivity contribution in [1.29, 1.82) is 0 Å². The second-order valence-electron chi connectivity index (χ2n) is 17.4. The number of rotatable bonds is 8. The number of hydrogen-bond donors (Lipinski definition) is 8. The van der Waals surface area contributed by atoms with Crippen LogP contribution < -0.4 is 37.1 Å². The van der Waals surface area contributed by atoms with Gasteiger partial charge in [-0.15, -0.1) is 11.8 Å². The molecule has 1 fully saturated rings. The van der Waals surface area contributed by atoms with Crippen LogP contribution in [0.2, 0.25) is 0 Å². The van der Waals surface area contributed by atoms with E-state index in [4.69, 9.17) is 10.5 Å². The van der Waals surface area contributed by atoms with Crippen molar-refractivity contribution >= 4 is 75.6 Å². The maximum absolute atomic E-state index is 14.8. The van der Waals surface area contributed by atoms with Crippen LogP contribution in [-0.2, 0) is 49.6 Å². The number of hydrogen-bond acceptors (Lipinski definition) is 12. The lowest BCUT2D eigenvalue weighted by atomic mass is 9.81. The number of carbonyl (C=O) groups is 9. The van der Waals surface area contributed by atoms with Crippen molar-refractivity contribution in [3.05, 3.63) is 23.8 Å². The van der Waals surface area contributed by atoms with Gasteiger partial charge < -0.3 is 52.0 Å². The van der Waals surface area contributed by atoms with Crippen molar-refractivity contribution in [1.82, 2.24) is 36.5 Å². The monoisotopic (exact) mass is 910 g/mol. The molecule has 4 heterocycles. The molecule has 19 nitrogen and oxygen atoms in total. The number of Topliss-reactive ketones (excluding diaryl/α,β-unsaturated/α-hetero) is 2. The van der Waals surface area contributed by atoms with Crippen molar-refractivity contribution < 1.29 is 53.0 Å². The minimum atomic E-state index is -1.40. The van der Waals surface area contributed by atoms with Gasteiger partial charge in [0, 0.05) is 55.4 Å². The largest absolute Gasteiger partial charge is 0.497 e. The Morgan fingerprint density at radius 3 is 2.22 bits per heavy atom. The van der Waals surface area contributed by atoms with Gasteiger partial charge in [0.25, 0.3) is 0 Å². The highest BCUT2D eigenvalue weighted by Crippen LogP contribution is 2.36. The number of fused-ring (bicyclic) bond motifs is 5. The van der Waals surface area contributed by atoms with E-state index in [9.17, 15) is 48.3 Å². The first-order valence-electron chi connectivity index (χ1n) is 21.9. The minimum absolute atomic E-state index is 0.0626. The van der Waals surface area contributed by atoms with E-state index in [0.717, 1.165) is 16.7 Å². The molecule has 2 aromatic rings. The summed E-state index contributed by atoms with van der Waals surface area (Å²) >= 11 is 1.13. The number of aromatic nitrogens is 1. The Morgan fingerprint density at radius 1 is 0.875 bits per heavy atom. The zero-order chi connectivity index (χ0) is 47.0. The van der Waals surface area contributed by atoms with Crippen LogP contribution in [0.25, 0.3) is 10.9 Å². The Labute approximate surface area is 376 Å². The summed E-state index contributed by atoms with van der Waals surface area (Å²) in [4.78, 5) is 130. The highest BCUT2D eigenvalue weighted by Gasteiger charge is 2.44. The minimum Gasteiger partial charge on any atom is -0.497 e. The smallest absolute Gasteiger partial charge is 0.243 e. The molecule has 3 aliphatic heterocycles. The summed E-state index contributed by atoms with van der Waals surface area (Å²) in [6, 6.07) is 0.343. The summed E-state index contributed by atoms with van der Waals surface area (Å²) in [5, 5.41) is 25.3. The van der Waals surface area contributed by atoms with Gasteiger partial charge in [-0.3, -0.25) is 43.2 Å². The van der Waals surface area contributed by atoms with Gasteiger partial charge in [-0.05, 0) is 41.9 Å². The average molecular weight is 911 g/mol. The zero-order valence-corrected chi connectivity index (χ0v) is 38.1. The molecule has 1 aromatic carbocycles. The normalized spacial score (nSPS) is 27.5. The molecule has 0 radical (unpaired) electrons. The number of aliphatic hydroxyl groups excluding tert-OH is 1. The quantitative estimate of drug-likeness (QED) is 0.177. The van der Waals surface area contributed by atoms with E-state index in [1.54, 1.807) is 32.0 Å². The fourth-order valence-corrected chi connectivity index (χ4v) is 9.70. The lowest BCUT2D eigenvalue weighted by Crippen LogP contribution is -2.56. The molecule has 20 heteroatoms. The molecule has 1 aromatic heterocycles. The van der Waals surface area contributed by atoms with Crippen LogP contribution in [0.3, 0.4) is 0 Å². The van der Waals surface area contributed by atoms with Crippen LogP contribution >= 0.6 is 11.8 Å². The molecule has 2 bridgehead atoms. The van der Waals surface area contributed by atoms with Crippen LogP contribution in [0.4, 0.5) is 0 Å². The van der Waals surface area contributed by atoms with E-state index in [0.29, 0.717) is 40.1 Å². The van der Waals surface area contributed by atoms with Gasteiger partial charge in [-0.1, -0.05) is 47.5 Å². The Bertz CT molecular complexity index is 2130.